The van der Waals surface area contributed by atoms with Crippen molar-refractivity contribution in [3.05, 3.63) is 83.4 Å². The van der Waals surface area contributed by atoms with E-state index < -0.39 is 5.60 Å². The van der Waals surface area contributed by atoms with E-state index in [-0.39, 0.29) is 29.0 Å². The van der Waals surface area contributed by atoms with Gasteiger partial charge in [0.2, 0.25) is 0 Å². The first-order valence-corrected chi connectivity index (χ1v) is 21.3. The molecule has 274 valence electrons. The molecule has 0 radical (unpaired) electrons. The Kier molecular flexibility index (Phi) is 8.08. The highest BCUT2D eigenvalue weighted by Crippen LogP contribution is 2.74. The molecule has 2 heterocycles. The van der Waals surface area contributed by atoms with Crippen LogP contribution >= 0.6 is 0 Å². The average Bonchev–Trinajstić information content (AvgIpc) is 3.66. The van der Waals surface area contributed by atoms with Crippen LogP contribution in [0.4, 0.5) is 0 Å². The van der Waals surface area contributed by atoms with E-state index in [2.05, 4.69) is 85.5 Å². The third-order valence-corrected chi connectivity index (χ3v) is 17.6. The fraction of sp³-hybridized carbons (Fsp3) is 0.702. The zero-order chi connectivity index (χ0) is 34.7. The molecule has 5 saturated carbocycles. The van der Waals surface area contributed by atoms with E-state index in [0.717, 1.165) is 77.3 Å². The fourth-order valence-corrected chi connectivity index (χ4v) is 15.9. The van der Waals surface area contributed by atoms with Gasteiger partial charge in [-0.3, -0.25) is 4.90 Å². The van der Waals surface area contributed by atoms with Gasteiger partial charge in [0.1, 0.15) is 0 Å². The molecule has 10 rings (SSSR count). The van der Waals surface area contributed by atoms with E-state index in [9.17, 15) is 15.3 Å². The first kappa shape index (κ1) is 33.6. The molecule has 0 bridgehead atoms. The molecular formula is C47H63NO3. The lowest BCUT2D eigenvalue weighted by Crippen LogP contribution is -2.67. The number of fused-ring (bicyclic) bond motifs is 6. The molecule has 16 unspecified atom stereocenters. The van der Waals surface area contributed by atoms with Crippen LogP contribution in [0.15, 0.2) is 66.7 Å². The Morgan fingerprint density at radius 1 is 0.824 bits per heavy atom. The van der Waals surface area contributed by atoms with Crippen molar-refractivity contribution in [2.45, 2.75) is 121 Å². The van der Waals surface area contributed by atoms with E-state index in [0.29, 0.717) is 59.3 Å². The molecule has 16 atom stereocenters. The van der Waals surface area contributed by atoms with Crippen LogP contribution in [0.3, 0.4) is 0 Å². The second-order valence-corrected chi connectivity index (χ2v) is 20.1. The van der Waals surface area contributed by atoms with Gasteiger partial charge in [-0.1, -0.05) is 73.7 Å². The van der Waals surface area contributed by atoms with Crippen molar-refractivity contribution in [3.8, 4) is 0 Å². The SMILES string of the molecule is CC1CCC2N(C1)CC1C3C4C=CCC56CC7(CCC(Cc8cccc(Cc9ccccc9)c8)C7)C(O)CC5C(O)CC(C3CCC1C2(C)O)C46. The van der Waals surface area contributed by atoms with Gasteiger partial charge in [0.15, 0.2) is 0 Å². The first-order chi connectivity index (χ1) is 24.6. The van der Waals surface area contributed by atoms with Gasteiger partial charge in [0, 0.05) is 19.1 Å². The largest absolute Gasteiger partial charge is 0.393 e. The minimum atomic E-state index is -0.612. The van der Waals surface area contributed by atoms with Crippen molar-refractivity contribution in [2.75, 3.05) is 13.1 Å². The Balaban J connectivity index is 0.923. The summed E-state index contributed by atoms with van der Waals surface area (Å²) in [4.78, 5) is 2.72. The Morgan fingerprint density at radius 3 is 2.51 bits per heavy atom. The van der Waals surface area contributed by atoms with Crippen LogP contribution in [0.1, 0.15) is 101 Å². The summed E-state index contributed by atoms with van der Waals surface area (Å²) in [6.07, 6.45) is 18.8. The highest BCUT2D eigenvalue weighted by molar-refractivity contribution is 5.31. The van der Waals surface area contributed by atoms with Crippen molar-refractivity contribution in [1.29, 1.82) is 0 Å². The third kappa shape index (κ3) is 5.19. The minimum absolute atomic E-state index is 0.0257. The van der Waals surface area contributed by atoms with Crippen molar-refractivity contribution in [1.82, 2.24) is 4.90 Å². The number of aliphatic hydroxyl groups is 3. The van der Waals surface area contributed by atoms with Gasteiger partial charge in [0.25, 0.3) is 0 Å². The molecule has 8 aliphatic rings. The van der Waals surface area contributed by atoms with Crippen molar-refractivity contribution < 1.29 is 15.3 Å². The molecule has 3 N–H and O–H groups in total. The summed E-state index contributed by atoms with van der Waals surface area (Å²) in [6.45, 7) is 6.92. The lowest BCUT2D eigenvalue weighted by Gasteiger charge is -2.63. The number of aliphatic hydroxyl groups excluding tert-OH is 2. The van der Waals surface area contributed by atoms with E-state index in [1.807, 2.05) is 0 Å². The van der Waals surface area contributed by atoms with E-state index in [1.54, 1.807) is 0 Å². The normalized spacial score (nSPS) is 49.9. The molecule has 2 aromatic rings. The quantitative estimate of drug-likeness (QED) is 0.284. The number of benzene rings is 2. The maximum Gasteiger partial charge on any atom is 0.0805 e. The third-order valence-electron chi connectivity index (χ3n) is 17.6. The van der Waals surface area contributed by atoms with Crippen LogP contribution in [0.25, 0.3) is 0 Å². The predicted molar refractivity (Wildman–Crippen MR) is 203 cm³/mol. The highest BCUT2D eigenvalue weighted by atomic mass is 16.3. The summed E-state index contributed by atoms with van der Waals surface area (Å²) in [5.74, 6) is 5.49. The molecule has 0 aromatic heterocycles. The van der Waals surface area contributed by atoms with Crippen LogP contribution < -0.4 is 0 Å². The lowest BCUT2D eigenvalue weighted by molar-refractivity contribution is -0.189. The first-order valence-electron chi connectivity index (χ1n) is 21.3. The molecule has 2 spiro atoms. The molecule has 4 nitrogen and oxygen atoms in total. The summed E-state index contributed by atoms with van der Waals surface area (Å²) in [7, 11) is 0. The summed E-state index contributed by atoms with van der Waals surface area (Å²) in [5, 5.41) is 36.6. The molecular weight excluding hydrogens is 627 g/mol. The van der Waals surface area contributed by atoms with Gasteiger partial charge in [-0.2, -0.15) is 0 Å². The maximum atomic E-state index is 12.3. The van der Waals surface area contributed by atoms with Gasteiger partial charge in [-0.25, -0.2) is 0 Å². The van der Waals surface area contributed by atoms with E-state index in [4.69, 9.17) is 0 Å². The van der Waals surface area contributed by atoms with Crippen molar-refractivity contribution in [3.63, 3.8) is 0 Å². The Bertz CT molecular complexity index is 1640. The zero-order valence-electron chi connectivity index (χ0n) is 31.3. The van der Waals surface area contributed by atoms with E-state index in [1.165, 1.54) is 36.0 Å². The van der Waals surface area contributed by atoms with Gasteiger partial charge in [0.05, 0.1) is 17.8 Å². The number of nitrogens with zero attached hydrogens (tertiary/aromatic N) is 1. The maximum absolute atomic E-state index is 12.3. The zero-order valence-corrected chi connectivity index (χ0v) is 31.3. The lowest BCUT2D eigenvalue weighted by atomic mass is 9.42. The van der Waals surface area contributed by atoms with Crippen LogP contribution in [0, 0.1) is 70.0 Å². The Labute approximate surface area is 307 Å². The summed E-state index contributed by atoms with van der Waals surface area (Å²) < 4.78 is 0. The topological polar surface area (TPSA) is 63.9 Å². The Hall–Kier alpha value is -1.98. The smallest absolute Gasteiger partial charge is 0.0805 e. The van der Waals surface area contributed by atoms with Crippen molar-refractivity contribution in [2.24, 2.45) is 70.0 Å². The fourth-order valence-electron chi connectivity index (χ4n) is 15.9. The molecule has 7 fully saturated rings. The second-order valence-electron chi connectivity index (χ2n) is 20.1. The second kappa shape index (κ2) is 12.3. The number of allylic oxidation sites excluding steroid dienone is 2. The standard InChI is InChI=1S/C47H63NO3/c1-29-13-16-41-45(2,51)38-15-14-34-36-23-40(49)39-24-42(50)46(28-47(39)18-7-12-35(44(36)47)43(34)37(38)27-48(41)26-29)19-17-33(25-46)22-32-11-6-10-31(21-32)20-30-8-4-3-5-9-30/h3-12,21,29,33-44,49-51H,13-20,22-28H2,1-2H3. The number of piperidine rings is 2. The number of rotatable bonds is 4. The van der Waals surface area contributed by atoms with Crippen LogP contribution in [0.5, 0.6) is 0 Å². The summed E-state index contributed by atoms with van der Waals surface area (Å²) >= 11 is 0. The van der Waals surface area contributed by atoms with Crippen LogP contribution in [-0.2, 0) is 12.8 Å². The van der Waals surface area contributed by atoms with Crippen LogP contribution in [-0.4, -0.2) is 57.2 Å². The molecule has 4 heteroatoms. The summed E-state index contributed by atoms with van der Waals surface area (Å²) in [6, 6.07) is 20.4. The molecule has 6 aliphatic carbocycles. The summed E-state index contributed by atoms with van der Waals surface area (Å²) in [5.41, 5.74) is 3.66. The van der Waals surface area contributed by atoms with Crippen molar-refractivity contribution >= 4 is 0 Å². The molecule has 2 aromatic carbocycles. The molecule has 2 saturated heterocycles. The highest BCUT2D eigenvalue weighted by Gasteiger charge is 2.71. The molecule has 2 aliphatic heterocycles. The Morgan fingerprint density at radius 2 is 1.65 bits per heavy atom. The monoisotopic (exact) mass is 689 g/mol. The van der Waals surface area contributed by atoms with Gasteiger partial charge < -0.3 is 15.3 Å². The van der Waals surface area contributed by atoms with Gasteiger partial charge in [-0.05, 0) is 177 Å². The van der Waals surface area contributed by atoms with Crippen LogP contribution in [0.2, 0.25) is 0 Å². The minimum Gasteiger partial charge on any atom is -0.393 e. The molecule has 51 heavy (non-hydrogen) atoms. The van der Waals surface area contributed by atoms with Gasteiger partial charge in [-0.15, -0.1) is 0 Å². The number of hydrogen-bond donors (Lipinski definition) is 3. The van der Waals surface area contributed by atoms with Gasteiger partial charge >= 0.3 is 0 Å². The average molecular weight is 690 g/mol. The number of hydrogen-bond acceptors (Lipinski definition) is 4. The molecule has 0 amide bonds. The predicted octanol–water partition coefficient (Wildman–Crippen LogP) is 8.07. The van der Waals surface area contributed by atoms with E-state index >= 15 is 0 Å².